The van der Waals surface area contributed by atoms with Gasteiger partial charge in [0, 0.05) is 46.2 Å². The molecule has 1 aliphatic rings. The van der Waals surface area contributed by atoms with E-state index in [9.17, 15) is 14.7 Å². The van der Waals surface area contributed by atoms with E-state index in [1.54, 1.807) is 23.4 Å². The van der Waals surface area contributed by atoms with Gasteiger partial charge in [-0.3, -0.25) is 14.0 Å². The first-order valence-electron chi connectivity index (χ1n) is 6.36. The molecule has 1 aromatic heterocycles. The topological polar surface area (TPSA) is 110 Å². The molecule has 1 aliphatic heterocycles. The van der Waals surface area contributed by atoms with Crippen molar-refractivity contribution in [3.05, 3.63) is 40.2 Å². The van der Waals surface area contributed by atoms with Crippen LogP contribution in [0.2, 0.25) is 0 Å². The first-order chi connectivity index (χ1) is 10.5. The van der Waals surface area contributed by atoms with Crippen LogP contribution in [-0.2, 0) is 20.2 Å². The molecular formula is C11H16N5O5P. The maximum absolute atomic E-state index is 12.5. The lowest BCUT2D eigenvalue weighted by atomic mass is 10.3. The quantitative estimate of drug-likeness (QED) is 0.434. The van der Waals surface area contributed by atoms with Crippen molar-refractivity contribution in [2.45, 2.75) is 6.54 Å². The third-order valence-electron chi connectivity index (χ3n) is 3.12. The molecule has 0 radical (unpaired) electrons. The second-order valence-electron chi connectivity index (χ2n) is 4.38. The van der Waals surface area contributed by atoms with E-state index in [4.69, 9.17) is 9.05 Å². The maximum atomic E-state index is 12.5. The Morgan fingerprint density at radius 3 is 2.73 bits per heavy atom. The second kappa shape index (κ2) is 6.82. The highest BCUT2D eigenvalue weighted by Gasteiger charge is 2.42. The van der Waals surface area contributed by atoms with Crippen molar-refractivity contribution in [3.63, 3.8) is 0 Å². The largest absolute Gasteiger partial charge is 0.437 e. The van der Waals surface area contributed by atoms with Crippen LogP contribution in [0.15, 0.2) is 29.6 Å². The summed E-state index contributed by atoms with van der Waals surface area (Å²) in [7, 11) is -1.20. The van der Waals surface area contributed by atoms with Gasteiger partial charge in [-0.2, -0.15) is 0 Å². The number of guanidine groups is 1. The third kappa shape index (κ3) is 3.41. The van der Waals surface area contributed by atoms with E-state index in [1.807, 2.05) is 6.07 Å². The first kappa shape index (κ1) is 16.3. The van der Waals surface area contributed by atoms with Crippen molar-refractivity contribution >= 4 is 13.7 Å². The molecule has 10 nitrogen and oxygen atoms in total. The van der Waals surface area contributed by atoms with E-state index in [-0.39, 0.29) is 12.5 Å². The molecule has 11 heteroatoms. The van der Waals surface area contributed by atoms with Crippen molar-refractivity contribution in [2.75, 3.05) is 27.3 Å². The number of hydrogen-bond acceptors (Lipinski definition) is 6. The molecule has 22 heavy (non-hydrogen) atoms. The fraction of sp³-hybridized carbons (Fsp3) is 0.455. The smallest absolute Gasteiger partial charge is 0.331 e. The minimum atomic E-state index is -3.64. The number of rotatable bonds is 6. The van der Waals surface area contributed by atoms with E-state index in [2.05, 4.69) is 10.1 Å². The highest BCUT2D eigenvalue weighted by molar-refractivity contribution is 7.52. The number of hydrogen-bond donors (Lipinski definition) is 0. The molecule has 0 unspecified atom stereocenters. The Kier molecular flexibility index (Phi) is 5.07. The lowest BCUT2D eigenvalue weighted by Gasteiger charge is -2.25. The summed E-state index contributed by atoms with van der Waals surface area (Å²) in [5.74, 6) is -0.0547. The summed E-state index contributed by atoms with van der Waals surface area (Å²) in [5.41, 5.74) is 0.852. The van der Waals surface area contributed by atoms with Crippen LogP contribution in [0, 0.1) is 10.1 Å². The molecule has 0 spiro atoms. The molecule has 1 aromatic rings. The predicted molar refractivity (Wildman–Crippen MR) is 77.4 cm³/mol. The van der Waals surface area contributed by atoms with E-state index in [0.717, 1.165) is 5.56 Å². The number of nitrogens with zero attached hydrogens (tertiary/aromatic N) is 5. The van der Waals surface area contributed by atoms with Gasteiger partial charge in [0.15, 0.2) is 5.03 Å². The lowest BCUT2D eigenvalue weighted by Crippen LogP contribution is -2.33. The standard InChI is InChI=1S/C11H16N5O5P/c1-20-22(19,21-2)15-7-6-14(11(15)13-16(17)18)9-10-4-3-5-12-8-10/h3-5,8H,6-7,9H2,1-2H3/b13-11+. The zero-order chi connectivity index (χ0) is 16.2. The average molecular weight is 329 g/mol. The van der Waals surface area contributed by atoms with Crippen molar-refractivity contribution in [1.82, 2.24) is 14.6 Å². The van der Waals surface area contributed by atoms with Crippen LogP contribution in [-0.4, -0.2) is 52.9 Å². The highest BCUT2D eigenvalue weighted by Crippen LogP contribution is 2.52. The van der Waals surface area contributed by atoms with Crippen LogP contribution < -0.4 is 0 Å². The number of pyridine rings is 1. The highest BCUT2D eigenvalue weighted by atomic mass is 31.2. The number of hydrazone groups is 1. The summed E-state index contributed by atoms with van der Waals surface area (Å²) in [6.07, 6.45) is 3.29. The van der Waals surface area contributed by atoms with Gasteiger partial charge in [0.05, 0.1) is 0 Å². The first-order valence-corrected chi connectivity index (χ1v) is 7.86. The normalized spacial score (nSPS) is 17.3. The van der Waals surface area contributed by atoms with Gasteiger partial charge in [0.25, 0.3) is 5.96 Å². The van der Waals surface area contributed by atoms with Gasteiger partial charge in [-0.15, -0.1) is 0 Å². The molecule has 0 bridgehead atoms. The zero-order valence-electron chi connectivity index (χ0n) is 12.2. The molecule has 0 N–H and O–H groups in total. The molecular weight excluding hydrogens is 313 g/mol. The van der Waals surface area contributed by atoms with Crippen molar-refractivity contribution in [2.24, 2.45) is 5.10 Å². The summed E-state index contributed by atoms with van der Waals surface area (Å²) in [6.45, 7) is 0.995. The van der Waals surface area contributed by atoms with Gasteiger partial charge in [-0.1, -0.05) is 6.07 Å². The number of aromatic nitrogens is 1. The van der Waals surface area contributed by atoms with Crippen molar-refractivity contribution < 1.29 is 18.6 Å². The van der Waals surface area contributed by atoms with Gasteiger partial charge in [0.1, 0.15) is 5.10 Å². The number of nitro groups is 1. The zero-order valence-corrected chi connectivity index (χ0v) is 13.0. The van der Waals surface area contributed by atoms with E-state index >= 15 is 0 Å². The minimum absolute atomic E-state index is 0.0547. The van der Waals surface area contributed by atoms with Crippen LogP contribution >= 0.6 is 7.75 Å². The SMILES string of the molecule is COP(=O)(OC)N1CCN(Cc2cccnc2)/C1=N\[N+](=O)[O-]. The van der Waals surface area contributed by atoms with Crippen molar-refractivity contribution in [3.8, 4) is 0 Å². The van der Waals surface area contributed by atoms with Crippen LogP contribution in [0.25, 0.3) is 0 Å². The monoisotopic (exact) mass is 329 g/mol. The molecule has 1 saturated heterocycles. The average Bonchev–Trinajstić information content (AvgIpc) is 2.90. The van der Waals surface area contributed by atoms with E-state index < -0.39 is 12.8 Å². The fourth-order valence-electron chi connectivity index (χ4n) is 2.13. The van der Waals surface area contributed by atoms with Gasteiger partial charge in [0.2, 0.25) is 0 Å². The molecule has 0 aliphatic carbocycles. The van der Waals surface area contributed by atoms with E-state index in [0.29, 0.717) is 13.1 Å². The summed E-state index contributed by atoms with van der Waals surface area (Å²) in [6, 6.07) is 3.61. The summed E-state index contributed by atoms with van der Waals surface area (Å²) in [5, 5.41) is 13.3. The molecule has 2 heterocycles. The van der Waals surface area contributed by atoms with Crippen LogP contribution in [0.5, 0.6) is 0 Å². The van der Waals surface area contributed by atoms with Gasteiger partial charge in [-0.05, 0) is 11.6 Å². The molecule has 2 rings (SSSR count). The van der Waals surface area contributed by atoms with Gasteiger partial charge >= 0.3 is 7.75 Å². The Balaban J connectivity index is 2.29. The summed E-state index contributed by atoms with van der Waals surface area (Å²) < 4.78 is 23.5. The lowest BCUT2D eigenvalue weighted by molar-refractivity contribution is -0.486. The predicted octanol–water partition coefficient (Wildman–Crippen LogP) is 1.15. The minimum Gasteiger partial charge on any atom is -0.331 e. The second-order valence-corrected chi connectivity index (χ2v) is 6.53. The Morgan fingerprint density at radius 1 is 1.45 bits per heavy atom. The molecule has 120 valence electrons. The Bertz CT molecular complexity index is 602. The molecule has 1 fully saturated rings. The molecule has 0 saturated carbocycles. The Labute approximate surface area is 127 Å². The summed E-state index contributed by atoms with van der Waals surface area (Å²) in [4.78, 5) is 16.4. The molecule has 0 amide bonds. The third-order valence-corrected chi connectivity index (χ3v) is 5.01. The Morgan fingerprint density at radius 2 is 2.18 bits per heavy atom. The van der Waals surface area contributed by atoms with Crippen LogP contribution in [0.4, 0.5) is 0 Å². The van der Waals surface area contributed by atoms with Gasteiger partial charge < -0.3 is 4.90 Å². The van der Waals surface area contributed by atoms with E-state index in [1.165, 1.54) is 18.9 Å². The molecule has 0 aromatic carbocycles. The van der Waals surface area contributed by atoms with Crippen LogP contribution in [0.3, 0.4) is 0 Å². The maximum Gasteiger partial charge on any atom is 0.437 e. The summed E-state index contributed by atoms with van der Waals surface area (Å²) >= 11 is 0. The van der Waals surface area contributed by atoms with Crippen LogP contribution in [0.1, 0.15) is 5.56 Å². The fourth-order valence-corrected chi connectivity index (χ4v) is 3.40. The van der Waals surface area contributed by atoms with Crippen molar-refractivity contribution in [1.29, 1.82) is 0 Å². The molecule has 0 atom stereocenters. The Hall–Kier alpha value is -2.03. The van der Waals surface area contributed by atoms with Gasteiger partial charge in [-0.25, -0.2) is 19.3 Å².